The normalized spacial score (nSPS) is 15.2. The summed E-state index contributed by atoms with van der Waals surface area (Å²) in [6, 6.07) is 5.28. The van der Waals surface area contributed by atoms with Gasteiger partial charge in [0.1, 0.15) is 0 Å². The van der Waals surface area contributed by atoms with Crippen molar-refractivity contribution in [3.05, 3.63) is 29.3 Å². The van der Waals surface area contributed by atoms with Crippen LogP contribution in [0, 0.1) is 19.8 Å². The Morgan fingerprint density at radius 1 is 1.26 bits per heavy atom. The van der Waals surface area contributed by atoms with E-state index >= 15 is 0 Å². The smallest absolute Gasteiger partial charge is 0.240 e. The summed E-state index contributed by atoms with van der Waals surface area (Å²) in [7, 11) is -3.47. The molecule has 108 valence electrons. The number of rotatable bonds is 6. The number of aliphatic hydroxyl groups is 1. The number of hydrogen-bond acceptors (Lipinski definition) is 3. The van der Waals surface area contributed by atoms with Crippen molar-refractivity contribution in [3.8, 4) is 0 Å². The van der Waals surface area contributed by atoms with E-state index in [9.17, 15) is 13.5 Å². The number of aryl methyl sites for hydroxylation is 2. The maximum absolute atomic E-state index is 12.2. The summed E-state index contributed by atoms with van der Waals surface area (Å²) in [5.41, 5.74) is 1.79. The number of hydrogen-bond donors (Lipinski definition) is 2. The molecule has 2 atom stereocenters. The van der Waals surface area contributed by atoms with Crippen molar-refractivity contribution in [1.82, 2.24) is 4.72 Å². The molecule has 0 aliphatic rings. The lowest BCUT2D eigenvalue weighted by molar-refractivity contribution is 0.165. The lowest BCUT2D eigenvalue weighted by atomic mass is 10.1. The predicted molar refractivity (Wildman–Crippen MR) is 76.6 cm³/mol. The van der Waals surface area contributed by atoms with Crippen molar-refractivity contribution in [2.45, 2.75) is 45.1 Å². The molecular weight excluding hydrogens is 262 g/mol. The molecule has 0 saturated carbocycles. The van der Waals surface area contributed by atoms with Gasteiger partial charge < -0.3 is 5.11 Å². The summed E-state index contributed by atoms with van der Waals surface area (Å²) in [5.74, 6) is 0.0977. The van der Waals surface area contributed by atoms with Gasteiger partial charge in [-0.15, -0.1) is 0 Å². The lowest BCUT2D eigenvalue weighted by Crippen LogP contribution is -2.30. The molecule has 0 saturated heterocycles. The fourth-order valence-corrected chi connectivity index (χ4v) is 3.49. The molecule has 5 heteroatoms. The van der Waals surface area contributed by atoms with Crippen LogP contribution in [-0.2, 0) is 10.0 Å². The first-order chi connectivity index (χ1) is 8.72. The first kappa shape index (κ1) is 16.1. The molecule has 1 aromatic carbocycles. The summed E-state index contributed by atoms with van der Waals surface area (Å²) in [6.07, 6.45) is 0.163. The van der Waals surface area contributed by atoms with Crippen LogP contribution >= 0.6 is 0 Å². The molecule has 0 amide bonds. The highest BCUT2D eigenvalue weighted by atomic mass is 32.2. The Bertz CT molecular complexity index is 523. The second-order valence-electron chi connectivity index (χ2n) is 5.31. The maximum Gasteiger partial charge on any atom is 0.240 e. The molecule has 0 spiro atoms. The molecule has 0 aromatic heterocycles. The molecule has 19 heavy (non-hydrogen) atoms. The number of sulfonamides is 1. The average molecular weight is 285 g/mol. The predicted octanol–water partition coefficient (Wildman–Crippen LogP) is 1.99. The Balaban J connectivity index is 2.76. The zero-order valence-electron chi connectivity index (χ0n) is 12.0. The van der Waals surface area contributed by atoms with Crippen LogP contribution in [0.5, 0.6) is 0 Å². The highest BCUT2D eigenvalue weighted by Crippen LogP contribution is 2.16. The molecule has 1 rings (SSSR count). The second-order valence-corrected chi connectivity index (χ2v) is 7.05. The van der Waals surface area contributed by atoms with Gasteiger partial charge in [0, 0.05) is 6.54 Å². The number of benzene rings is 1. The Kier molecular flexibility index (Phi) is 5.52. The van der Waals surface area contributed by atoms with Crippen LogP contribution in [0.25, 0.3) is 0 Å². The Hall–Kier alpha value is -0.910. The summed E-state index contributed by atoms with van der Waals surface area (Å²) < 4.78 is 27.0. The van der Waals surface area contributed by atoms with Gasteiger partial charge in [-0.05, 0) is 44.7 Å². The van der Waals surface area contributed by atoms with Gasteiger partial charge in [-0.25, -0.2) is 13.1 Å². The van der Waals surface area contributed by atoms with Gasteiger partial charge in [-0.3, -0.25) is 0 Å². The van der Waals surface area contributed by atoms with E-state index in [1.54, 1.807) is 26.0 Å². The molecule has 2 unspecified atom stereocenters. The summed E-state index contributed by atoms with van der Waals surface area (Å²) >= 11 is 0. The third-order valence-corrected chi connectivity index (χ3v) is 4.57. The molecule has 0 aliphatic carbocycles. The van der Waals surface area contributed by atoms with E-state index in [1.165, 1.54) is 0 Å². The number of nitrogens with one attached hydrogen (secondary N) is 1. The van der Waals surface area contributed by atoms with Gasteiger partial charge >= 0.3 is 0 Å². The zero-order valence-corrected chi connectivity index (χ0v) is 12.8. The van der Waals surface area contributed by atoms with Crippen LogP contribution in [-0.4, -0.2) is 26.2 Å². The first-order valence-corrected chi connectivity index (χ1v) is 7.95. The third-order valence-electron chi connectivity index (χ3n) is 2.99. The monoisotopic (exact) mass is 285 g/mol. The topological polar surface area (TPSA) is 66.4 Å². The van der Waals surface area contributed by atoms with Crippen LogP contribution < -0.4 is 4.72 Å². The van der Waals surface area contributed by atoms with Crippen molar-refractivity contribution in [1.29, 1.82) is 0 Å². The van der Waals surface area contributed by atoms with Gasteiger partial charge in [0.25, 0.3) is 0 Å². The van der Waals surface area contributed by atoms with Crippen molar-refractivity contribution >= 4 is 10.0 Å². The quantitative estimate of drug-likeness (QED) is 0.840. The minimum absolute atomic E-state index is 0.0977. The molecule has 1 aromatic rings. The second kappa shape index (κ2) is 6.50. The fourth-order valence-electron chi connectivity index (χ4n) is 2.10. The third kappa shape index (κ3) is 4.93. The van der Waals surface area contributed by atoms with Crippen molar-refractivity contribution < 1.29 is 13.5 Å². The van der Waals surface area contributed by atoms with Gasteiger partial charge in [0.15, 0.2) is 0 Å². The van der Waals surface area contributed by atoms with E-state index < -0.39 is 16.1 Å². The Labute approximate surface area is 115 Å². The minimum atomic E-state index is -3.47. The van der Waals surface area contributed by atoms with Crippen molar-refractivity contribution in [3.63, 3.8) is 0 Å². The van der Waals surface area contributed by atoms with Crippen LogP contribution in [0.2, 0.25) is 0 Å². The lowest BCUT2D eigenvalue weighted by Gasteiger charge is -2.15. The molecule has 2 N–H and O–H groups in total. The van der Waals surface area contributed by atoms with Crippen LogP contribution in [0.3, 0.4) is 0 Å². The van der Waals surface area contributed by atoms with E-state index in [0.29, 0.717) is 17.9 Å². The Morgan fingerprint density at radius 3 is 2.42 bits per heavy atom. The van der Waals surface area contributed by atoms with Gasteiger partial charge in [0.2, 0.25) is 10.0 Å². The van der Waals surface area contributed by atoms with Crippen LogP contribution in [0.4, 0.5) is 0 Å². The standard InChI is InChI=1S/C14H23NO3S/c1-10-5-6-14(12(3)7-10)19(17,18)15-9-11(2)8-13(4)16/h5-7,11,13,15-16H,8-9H2,1-4H3. The van der Waals surface area contributed by atoms with E-state index in [1.807, 2.05) is 19.9 Å². The highest BCUT2D eigenvalue weighted by molar-refractivity contribution is 7.89. The van der Waals surface area contributed by atoms with E-state index in [2.05, 4.69) is 4.72 Å². The summed E-state index contributed by atoms with van der Waals surface area (Å²) in [4.78, 5) is 0.322. The minimum Gasteiger partial charge on any atom is -0.393 e. The summed E-state index contributed by atoms with van der Waals surface area (Å²) in [6.45, 7) is 7.68. The molecule has 0 fully saturated rings. The largest absolute Gasteiger partial charge is 0.393 e. The molecule has 0 bridgehead atoms. The van der Waals surface area contributed by atoms with Gasteiger partial charge in [0.05, 0.1) is 11.0 Å². The van der Waals surface area contributed by atoms with E-state index in [-0.39, 0.29) is 5.92 Å². The molecule has 0 aliphatic heterocycles. The highest BCUT2D eigenvalue weighted by Gasteiger charge is 2.17. The first-order valence-electron chi connectivity index (χ1n) is 6.47. The summed E-state index contributed by atoms with van der Waals surface area (Å²) in [5, 5.41) is 9.27. The maximum atomic E-state index is 12.2. The fraction of sp³-hybridized carbons (Fsp3) is 0.571. The van der Waals surface area contributed by atoms with Crippen molar-refractivity contribution in [2.24, 2.45) is 5.92 Å². The molecule has 4 nitrogen and oxygen atoms in total. The zero-order chi connectivity index (χ0) is 14.6. The van der Waals surface area contributed by atoms with E-state index in [4.69, 9.17) is 0 Å². The SMILES string of the molecule is Cc1ccc(S(=O)(=O)NCC(C)CC(C)O)c(C)c1. The van der Waals surface area contributed by atoms with E-state index in [0.717, 1.165) is 11.1 Å². The average Bonchev–Trinajstić information content (AvgIpc) is 2.25. The van der Waals surface area contributed by atoms with Gasteiger partial charge in [-0.2, -0.15) is 0 Å². The molecule has 0 radical (unpaired) electrons. The van der Waals surface area contributed by atoms with Crippen LogP contribution in [0.1, 0.15) is 31.4 Å². The Morgan fingerprint density at radius 2 is 1.89 bits per heavy atom. The molecule has 0 heterocycles. The molecular formula is C14H23NO3S. The van der Waals surface area contributed by atoms with Gasteiger partial charge in [-0.1, -0.05) is 24.6 Å². The van der Waals surface area contributed by atoms with Crippen LogP contribution in [0.15, 0.2) is 23.1 Å². The number of aliphatic hydroxyl groups excluding tert-OH is 1. The van der Waals surface area contributed by atoms with Crippen molar-refractivity contribution in [2.75, 3.05) is 6.54 Å².